The summed E-state index contributed by atoms with van der Waals surface area (Å²) in [4.78, 5) is 38.9. The second-order valence-electron chi connectivity index (χ2n) is 7.18. The first-order valence-electron chi connectivity index (χ1n) is 10.2. The SMILES string of the molecule is O=C(CCCCCN1C(=O)C(=Cc2ccc(Cl)cc2)SC1=S)NNC(=O)c1ccccc1Br. The highest BCUT2D eigenvalue weighted by Gasteiger charge is 2.31. The molecule has 33 heavy (non-hydrogen) atoms. The van der Waals surface area contributed by atoms with Crippen molar-refractivity contribution in [2.45, 2.75) is 25.7 Å². The first-order chi connectivity index (χ1) is 15.8. The van der Waals surface area contributed by atoms with Gasteiger partial charge in [-0.05, 0) is 64.7 Å². The lowest BCUT2D eigenvalue weighted by Gasteiger charge is -2.14. The number of nitrogens with one attached hydrogen (secondary N) is 2. The zero-order valence-electron chi connectivity index (χ0n) is 17.5. The number of carbonyl (C=O) groups is 3. The summed E-state index contributed by atoms with van der Waals surface area (Å²) < 4.78 is 1.18. The van der Waals surface area contributed by atoms with Crippen molar-refractivity contribution >= 4 is 79.6 Å². The Labute approximate surface area is 215 Å². The fraction of sp³-hybridized carbons (Fsp3) is 0.217. The molecule has 0 aliphatic carbocycles. The Balaban J connectivity index is 1.36. The van der Waals surface area contributed by atoms with Crippen LogP contribution in [-0.4, -0.2) is 33.5 Å². The minimum Gasteiger partial charge on any atom is -0.293 e. The number of nitrogens with zero attached hydrogens (tertiary/aromatic N) is 1. The number of amides is 3. The minimum absolute atomic E-state index is 0.104. The Bertz CT molecular complexity index is 1090. The quantitative estimate of drug-likeness (QED) is 0.196. The van der Waals surface area contributed by atoms with Gasteiger partial charge in [-0.15, -0.1) is 0 Å². The molecule has 0 bridgehead atoms. The molecule has 10 heteroatoms. The Morgan fingerprint density at radius 2 is 1.79 bits per heavy atom. The van der Waals surface area contributed by atoms with Crippen LogP contribution in [0.4, 0.5) is 0 Å². The highest BCUT2D eigenvalue weighted by molar-refractivity contribution is 9.10. The topological polar surface area (TPSA) is 78.5 Å². The molecular formula is C23H21BrClN3O3S2. The molecule has 1 fully saturated rings. The number of unbranched alkanes of at least 4 members (excludes halogenated alkanes) is 2. The van der Waals surface area contributed by atoms with E-state index in [0.29, 0.717) is 37.3 Å². The molecule has 1 heterocycles. The lowest BCUT2D eigenvalue weighted by Crippen LogP contribution is -2.41. The molecule has 0 aromatic heterocycles. The van der Waals surface area contributed by atoms with Gasteiger partial charge in [-0.1, -0.05) is 66.3 Å². The summed E-state index contributed by atoms with van der Waals surface area (Å²) in [7, 11) is 0. The van der Waals surface area contributed by atoms with E-state index in [1.54, 1.807) is 41.3 Å². The van der Waals surface area contributed by atoms with Gasteiger partial charge in [0.05, 0.1) is 10.5 Å². The average Bonchev–Trinajstić information content (AvgIpc) is 3.06. The molecule has 0 spiro atoms. The van der Waals surface area contributed by atoms with Crippen molar-refractivity contribution in [1.82, 2.24) is 15.8 Å². The maximum Gasteiger partial charge on any atom is 0.270 e. The minimum atomic E-state index is -0.392. The Morgan fingerprint density at radius 1 is 1.06 bits per heavy atom. The van der Waals surface area contributed by atoms with Crippen LogP contribution in [0.2, 0.25) is 5.02 Å². The fourth-order valence-electron chi connectivity index (χ4n) is 3.04. The lowest BCUT2D eigenvalue weighted by atomic mass is 10.2. The Hall–Kier alpha value is -2.20. The molecule has 1 aliphatic heterocycles. The zero-order chi connectivity index (χ0) is 23.8. The molecule has 1 saturated heterocycles. The number of halogens is 2. The molecule has 3 amide bonds. The van der Waals surface area contributed by atoms with Crippen LogP contribution in [0, 0.1) is 0 Å². The summed E-state index contributed by atoms with van der Waals surface area (Å²) in [6, 6.07) is 14.2. The van der Waals surface area contributed by atoms with E-state index in [1.807, 2.05) is 18.2 Å². The van der Waals surface area contributed by atoms with Gasteiger partial charge in [-0.25, -0.2) is 0 Å². The summed E-state index contributed by atoms with van der Waals surface area (Å²) in [5.74, 6) is -0.767. The van der Waals surface area contributed by atoms with Crippen LogP contribution in [0.3, 0.4) is 0 Å². The standard InChI is InChI=1S/C23H21BrClN3O3S2/c24-18-7-4-3-6-17(18)21(30)27-26-20(29)8-2-1-5-13-28-22(31)19(33-23(28)32)14-15-9-11-16(25)12-10-15/h3-4,6-7,9-12,14H,1-2,5,8,13H2,(H,26,29)(H,27,30). The molecule has 2 N–H and O–H groups in total. The van der Waals surface area contributed by atoms with Crippen LogP contribution >= 0.6 is 51.5 Å². The number of thioether (sulfide) groups is 1. The van der Waals surface area contributed by atoms with Gasteiger partial charge in [0.15, 0.2) is 0 Å². The van der Waals surface area contributed by atoms with E-state index >= 15 is 0 Å². The molecule has 2 aromatic carbocycles. The van der Waals surface area contributed by atoms with Crippen LogP contribution in [0.5, 0.6) is 0 Å². The van der Waals surface area contributed by atoms with Crippen molar-refractivity contribution in [3.8, 4) is 0 Å². The van der Waals surface area contributed by atoms with Crippen molar-refractivity contribution in [2.75, 3.05) is 6.54 Å². The van der Waals surface area contributed by atoms with Gasteiger partial charge in [-0.3, -0.25) is 30.1 Å². The summed E-state index contributed by atoms with van der Waals surface area (Å²) in [5, 5.41) is 0.639. The smallest absolute Gasteiger partial charge is 0.270 e. The van der Waals surface area contributed by atoms with Crippen LogP contribution < -0.4 is 10.9 Å². The first-order valence-corrected chi connectivity index (χ1v) is 12.6. The molecule has 0 unspecified atom stereocenters. The van der Waals surface area contributed by atoms with Crippen LogP contribution in [-0.2, 0) is 9.59 Å². The van der Waals surface area contributed by atoms with E-state index in [1.165, 1.54) is 11.8 Å². The Morgan fingerprint density at radius 3 is 2.52 bits per heavy atom. The van der Waals surface area contributed by atoms with Crippen molar-refractivity contribution in [1.29, 1.82) is 0 Å². The third-order valence-electron chi connectivity index (χ3n) is 4.76. The molecule has 0 saturated carbocycles. The normalized spacial score (nSPS) is 14.6. The summed E-state index contributed by atoms with van der Waals surface area (Å²) in [6.45, 7) is 0.503. The van der Waals surface area contributed by atoms with E-state index in [4.69, 9.17) is 23.8 Å². The monoisotopic (exact) mass is 565 g/mol. The number of hydrogen-bond donors (Lipinski definition) is 2. The zero-order valence-corrected chi connectivity index (χ0v) is 21.5. The predicted octanol–water partition coefficient (Wildman–Crippen LogP) is 5.33. The maximum absolute atomic E-state index is 12.7. The predicted molar refractivity (Wildman–Crippen MR) is 140 cm³/mol. The highest BCUT2D eigenvalue weighted by Crippen LogP contribution is 2.33. The third-order valence-corrected chi connectivity index (χ3v) is 7.08. The molecule has 2 aromatic rings. The number of hydrazine groups is 1. The molecule has 6 nitrogen and oxygen atoms in total. The fourth-order valence-corrected chi connectivity index (χ4v) is 4.94. The second-order valence-corrected chi connectivity index (χ2v) is 10.1. The van der Waals surface area contributed by atoms with Crippen molar-refractivity contribution in [3.05, 3.63) is 74.1 Å². The summed E-state index contributed by atoms with van der Waals surface area (Å²) >= 11 is 15.8. The maximum atomic E-state index is 12.7. The van der Waals surface area contributed by atoms with Crippen LogP contribution in [0.25, 0.3) is 6.08 Å². The Kier molecular flexibility index (Phi) is 9.49. The van der Waals surface area contributed by atoms with Gasteiger partial charge in [0, 0.05) is 22.5 Å². The van der Waals surface area contributed by atoms with Crippen molar-refractivity contribution in [2.24, 2.45) is 0 Å². The van der Waals surface area contributed by atoms with Crippen LogP contribution in [0.15, 0.2) is 57.9 Å². The molecule has 172 valence electrons. The summed E-state index contributed by atoms with van der Waals surface area (Å²) in [6.07, 6.45) is 4.18. The van der Waals surface area contributed by atoms with Gasteiger partial charge in [0.25, 0.3) is 11.8 Å². The lowest BCUT2D eigenvalue weighted by molar-refractivity contribution is -0.123. The van der Waals surface area contributed by atoms with E-state index in [9.17, 15) is 14.4 Å². The first kappa shape index (κ1) is 25.4. The largest absolute Gasteiger partial charge is 0.293 e. The van der Waals surface area contributed by atoms with E-state index in [2.05, 4.69) is 26.8 Å². The van der Waals surface area contributed by atoms with Crippen molar-refractivity contribution in [3.63, 3.8) is 0 Å². The average molecular weight is 567 g/mol. The molecular weight excluding hydrogens is 546 g/mol. The highest BCUT2D eigenvalue weighted by atomic mass is 79.9. The number of rotatable bonds is 8. The summed E-state index contributed by atoms with van der Waals surface area (Å²) in [5.41, 5.74) is 6.16. The number of benzene rings is 2. The molecule has 3 rings (SSSR count). The number of hydrogen-bond acceptors (Lipinski definition) is 5. The van der Waals surface area contributed by atoms with E-state index < -0.39 is 5.91 Å². The number of thiocarbonyl (C=S) groups is 1. The third kappa shape index (κ3) is 7.40. The van der Waals surface area contributed by atoms with Gasteiger partial charge in [-0.2, -0.15) is 0 Å². The molecule has 1 aliphatic rings. The van der Waals surface area contributed by atoms with Crippen LogP contribution in [0.1, 0.15) is 41.6 Å². The van der Waals surface area contributed by atoms with Gasteiger partial charge in [0.2, 0.25) is 5.91 Å². The molecule has 0 atom stereocenters. The second kappa shape index (κ2) is 12.3. The van der Waals surface area contributed by atoms with E-state index in [-0.39, 0.29) is 18.2 Å². The number of carbonyl (C=O) groups excluding carboxylic acids is 3. The van der Waals surface area contributed by atoms with E-state index in [0.717, 1.165) is 18.4 Å². The van der Waals surface area contributed by atoms with Crippen molar-refractivity contribution < 1.29 is 14.4 Å². The van der Waals surface area contributed by atoms with Gasteiger partial charge < -0.3 is 0 Å². The molecule has 0 radical (unpaired) electrons. The van der Waals surface area contributed by atoms with Gasteiger partial charge in [0.1, 0.15) is 4.32 Å². The van der Waals surface area contributed by atoms with Gasteiger partial charge >= 0.3 is 0 Å².